The van der Waals surface area contributed by atoms with Crippen molar-refractivity contribution in [2.45, 2.75) is 26.4 Å². The van der Waals surface area contributed by atoms with Gasteiger partial charge in [0, 0.05) is 0 Å². The third-order valence-electron chi connectivity index (χ3n) is 1.51. The van der Waals surface area contributed by atoms with Crippen molar-refractivity contribution in [3.8, 4) is 0 Å². The maximum Gasteiger partial charge on any atom is 0.413 e. The highest BCUT2D eigenvalue weighted by atomic mass is 35.5. The standard InChI is InChI=1S/C10H13ClN2O3S/c1-10(2,3)16-9(15)13-8-12-5-7(17-8)6(14)4-11/h5H,4H2,1-3H3,(H,12,13,15). The largest absolute Gasteiger partial charge is 0.444 e. The van der Waals surface area contributed by atoms with Crippen LogP contribution in [0.15, 0.2) is 6.20 Å². The number of thiazole rings is 1. The molecule has 0 aromatic carbocycles. The number of anilines is 1. The Hall–Kier alpha value is -1.14. The predicted octanol–water partition coefficient (Wildman–Crippen LogP) is 2.91. The molecule has 1 heterocycles. The summed E-state index contributed by atoms with van der Waals surface area (Å²) in [6, 6.07) is 0. The highest BCUT2D eigenvalue weighted by Gasteiger charge is 2.18. The molecule has 0 spiro atoms. The van der Waals surface area contributed by atoms with E-state index in [2.05, 4.69) is 10.3 Å². The summed E-state index contributed by atoms with van der Waals surface area (Å²) < 4.78 is 5.04. The maximum atomic E-state index is 11.4. The fourth-order valence-corrected chi connectivity index (χ4v) is 1.88. The van der Waals surface area contributed by atoms with Gasteiger partial charge in [0.15, 0.2) is 10.9 Å². The number of hydrogen-bond acceptors (Lipinski definition) is 5. The van der Waals surface area contributed by atoms with E-state index in [9.17, 15) is 9.59 Å². The SMILES string of the molecule is CC(C)(C)OC(=O)Nc1ncc(C(=O)CCl)s1. The van der Waals surface area contributed by atoms with E-state index in [0.29, 0.717) is 10.0 Å². The van der Waals surface area contributed by atoms with Gasteiger partial charge in [-0.2, -0.15) is 0 Å². The lowest BCUT2D eigenvalue weighted by molar-refractivity contribution is 0.0635. The molecule has 1 N–H and O–H groups in total. The predicted molar refractivity (Wildman–Crippen MR) is 67.0 cm³/mol. The van der Waals surface area contributed by atoms with Gasteiger partial charge in [0.2, 0.25) is 0 Å². The Kier molecular flexibility index (Phi) is 4.47. The molecule has 0 atom stereocenters. The summed E-state index contributed by atoms with van der Waals surface area (Å²) in [5.74, 6) is -0.324. The van der Waals surface area contributed by atoms with Crippen LogP contribution in [0.4, 0.5) is 9.93 Å². The molecule has 0 radical (unpaired) electrons. The number of rotatable bonds is 3. The quantitative estimate of drug-likeness (QED) is 0.681. The van der Waals surface area contributed by atoms with E-state index in [1.807, 2.05) is 0 Å². The number of hydrogen-bond donors (Lipinski definition) is 1. The van der Waals surface area contributed by atoms with Crippen LogP contribution >= 0.6 is 22.9 Å². The third kappa shape index (κ3) is 4.70. The molecule has 0 bridgehead atoms. The summed E-state index contributed by atoms with van der Waals surface area (Å²) in [5.41, 5.74) is -0.573. The number of halogens is 1. The van der Waals surface area contributed by atoms with Gasteiger partial charge in [-0.3, -0.25) is 10.1 Å². The number of Topliss-reactive ketones (excluding diaryl/α,β-unsaturated/α-hetero) is 1. The molecule has 0 aliphatic carbocycles. The molecule has 0 saturated carbocycles. The minimum absolute atomic E-state index is 0.103. The van der Waals surface area contributed by atoms with Gasteiger partial charge in [0.05, 0.1) is 17.0 Å². The van der Waals surface area contributed by atoms with Crippen molar-refractivity contribution in [2.24, 2.45) is 0 Å². The highest BCUT2D eigenvalue weighted by Crippen LogP contribution is 2.19. The van der Waals surface area contributed by atoms with Crippen molar-refractivity contribution in [2.75, 3.05) is 11.2 Å². The Morgan fingerprint density at radius 3 is 2.71 bits per heavy atom. The van der Waals surface area contributed by atoms with E-state index in [4.69, 9.17) is 16.3 Å². The fraction of sp³-hybridized carbons (Fsp3) is 0.500. The van der Waals surface area contributed by atoms with Gasteiger partial charge in [0.1, 0.15) is 5.60 Å². The second-order valence-electron chi connectivity index (χ2n) is 4.21. The van der Waals surface area contributed by atoms with E-state index in [1.165, 1.54) is 6.20 Å². The van der Waals surface area contributed by atoms with E-state index in [1.54, 1.807) is 20.8 Å². The number of nitrogens with one attached hydrogen (secondary N) is 1. The lowest BCUT2D eigenvalue weighted by Crippen LogP contribution is -2.27. The van der Waals surface area contributed by atoms with E-state index in [0.717, 1.165) is 11.3 Å². The average molecular weight is 277 g/mol. The second kappa shape index (κ2) is 5.46. The summed E-state index contributed by atoms with van der Waals surface area (Å²) in [4.78, 5) is 26.9. The van der Waals surface area contributed by atoms with E-state index in [-0.39, 0.29) is 11.7 Å². The molecule has 1 aromatic heterocycles. The zero-order valence-electron chi connectivity index (χ0n) is 9.74. The Bertz CT molecular complexity index is 425. The van der Waals surface area contributed by atoms with Crippen molar-refractivity contribution in [3.63, 3.8) is 0 Å². The molecule has 0 saturated heterocycles. The van der Waals surface area contributed by atoms with Crippen LogP contribution in [-0.4, -0.2) is 28.3 Å². The molecule has 0 unspecified atom stereocenters. The van der Waals surface area contributed by atoms with Gasteiger partial charge in [-0.05, 0) is 20.8 Å². The zero-order valence-corrected chi connectivity index (χ0v) is 11.3. The molecule has 94 valence electrons. The lowest BCUT2D eigenvalue weighted by atomic mass is 10.2. The molecule has 0 aliphatic rings. The monoisotopic (exact) mass is 276 g/mol. The molecular weight excluding hydrogens is 264 g/mol. The highest BCUT2D eigenvalue weighted by molar-refractivity contribution is 7.17. The molecule has 1 rings (SSSR count). The van der Waals surface area contributed by atoms with Crippen LogP contribution < -0.4 is 5.32 Å². The fourth-order valence-electron chi connectivity index (χ4n) is 0.918. The number of nitrogens with zero attached hydrogens (tertiary/aromatic N) is 1. The summed E-state index contributed by atoms with van der Waals surface area (Å²) in [6.07, 6.45) is 0.777. The van der Waals surface area contributed by atoms with Gasteiger partial charge in [-0.15, -0.1) is 11.6 Å². The topological polar surface area (TPSA) is 68.3 Å². The number of carbonyl (C=O) groups is 2. The summed E-state index contributed by atoms with van der Waals surface area (Å²) in [5, 5.41) is 2.76. The van der Waals surface area contributed by atoms with E-state index >= 15 is 0 Å². The van der Waals surface area contributed by atoms with Crippen molar-refractivity contribution in [1.29, 1.82) is 0 Å². The third-order valence-corrected chi connectivity index (χ3v) is 2.71. The second-order valence-corrected chi connectivity index (χ2v) is 5.51. The lowest BCUT2D eigenvalue weighted by Gasteiger charge is -2.18. The first kappa shape index (κ1) is 13.9. The van der Waals surface area contributed by atoms with Crippen molar-refractivity contribution >= 4 is 39.9 Å². The summed E-state index contributed by atoms with van der Waals surface area (Å²) >= 11 is 6.47. The molecule has 7 heteroatoms. The van der Waals surface area contributed by atoms with Crippen LogP contribution in [-0.2, 0) is 4.74 Å². The minimum Gasteiger partial charge on any atom is -0.444 e. The maximum absolute atomic E-state index is 11.4. The van der Waals surface area contributed by atoms with Crippen LogP contribution in [0.5, 0.6) is 0 Å². The molecule has 0 aliphatic heterocycles. The van der Waals surface area contributed by atoms with Crippen molar-refractivity contribution in [1.82, 2.24) is 4.98 Å². The number of alkyl halides is 1. The zero-order chi connectivity index (χ0) is 13.1. The van der Waals surface area contributed by atoms with Gasteiger partial charge >= 0.3 is 6.09 Å². The molecular formula is C10H13ClN2O3S. The Labute approximate surface area is 108 Å². The van der Waals surface area contributed by atoms with Crippen LogP contribution in [0.1, 0.15) is 30.4 Å². The first-order valence-electron chi connectivity index (χ1n) is 4.87. The Morgan fingerprint density at radius 2 is 2.18 bits per heavy atom. The molecule has 1 aromatic rings. The number of ketones is 1. The number of carbonyl (C=O) groups excluding carboxylic acids is 2. The Morgan fingerprint density at radius 1 is 1.53 bits per heavy atom. The molecule has 0 fully saturated rings. The van der Waals surface area contributed by atoms with Crippen molar-refractivity contribution in [3.05, 3.63) is 11.1 Å². The Balaban J connectivity index is 2.61. The normalized spacial score (nSPS) is 11.1. The van der Waals surface area contributed by atoms with Crippen LogP contribution in [0.25, 0.3) is 0 Å². The first-order chi connectivity index (χ1) is 7.81. The first-order valence-corrected chi connectivity index (χ1v) is 6.22. The van der Waals surface area contributed by atoms with Crippen LogP contribution in [0.3, 0.4) is 0 Å². The number of amides is 1. The minimum atomic E-state index is -0.600. The van der Waals surface area contributed by atoms with Gasteiger partial charge < -0.3 is 4.74 Å². The molecule has 5 nitrogen and oxygen atoms in total. The average Bonchev–Trinajstić information content (AvgIpc) is 2.62. The number of ether oxygens (including phenoxy) is 1. The van der Waals surface area contributed by atoms with Gasteiger partial charge in [0.25, 0.3) is 0 Å². The molecule has 17 heavy (non-hydrogen) atoms. The molecule has 1 amide bonds. The smallest absolute Gasteiger partial charge is 0.413 e. The summed E-state index contributed by atoms with van der Waals surface area (Å²) in [6.45, 7) is 5.28. The van der Waals surface area contributed by atoms with Crippen molar-refractivity contribution < 1.29 is 14.3 Å². The number of aromatic nitrogens is 1. The van der Waals surface area contributed by atoms with Gasteiger partial charge in [-0.1, -0.05) is 11.3 Å². The van der Waals surface area contributed by atoms with Crippen LogP contribution in [0, 0.1) is 0 Å². The van der Waals surface area contributed by atoms with Gasteiger partial charge in [-0.25, -0.2) is 9.78 Å². The van der Waals surface area contributed by atoms with E-state index < -0.39 is 11.7 Å². The van der Waals surface area contributed by atoms with Crippen LogP contribution in [0.2, 0.25) is 0 Å². The summed E-state index contributed by atoms with van der Waals surface area (Å²) in [7, 11) is 0.